The van der Waals surface area contributed by atoms with E-state index in [-0.39, 0.29) is 0 Å². The predicted octanol–water partition coefficient (Wildman–Crippen LogP) is 2.53. The van der Waals surface area contributed by atoms with E-state index >= 15 is 0 Å². The molecule has 2 heterocycles. The van der Waals surface area contributed by atoms with Crippen molar-refractivity contribution in [1.29, 1.82) is 0 Å². The molecule has 0 amide bonds. The third-order valence-corrected chi connectivity index (χ3v) is 5.29. The van der Waals surface area contributed by atoms with Crippen LogP contribution in [0.1, 0.15) is 62.7 Å². The minimum atomic E-state index is 0.612. The van der Waals surface area contributed by atoms with Crippen molar-refractivity contribution in [2.45, 2.75) is 71.0 Å². The van der Waals surface area contributed by atoms with Crippen LogP contribution in [0.2, 0.25) is 0 Å². The molecule has 1 aromatic rings. The Morgan fingerprint density at radius 1 is 1.33 bits per heavy atom. The molecule has 1 saturated carbocycles. The first-order valence-electron chi connectivity index (χ1n) is 8.66. The lowest BCUT2D eigenvalue weighted by Gasteiger charge is -2.24. The Balaban J connectivity index is 1.83. The van der Waals surface area contributed by atoms with Gasteiger partial charge in [-0.1, -0.05) is 12.8 Å². The van der Waals surface area contributed by atoms with E-state index in [1.807, 2.05) is 0 Å². The number of aromatic nitrogens is 2. The molecule has 0 spiro atoms. The van der Waals surface area contributed by atoms with Crippen LogP contribution >= 0.6 is 0 Å². The van der Waals surface area contributed by atoms with Crippen LogP contribution in [0, 0.1) is 0 Å². The van der Waals surface area contributed by atoms with Crippen LogP contribution < -0.4 is 5.32 Å². The van der Waals surface area contributed by atoms with Crippen molar-refractivity contribution in [2.24, 2.45) is 0 Å². The lowest BCUT2D eigenvalue weighted by Crippen LogP contribution is -2.31. The molecular formula is C17H30N4. The second-order valence-corrected chi connectivity index (χ2v) is 7.00. The van der Waals surface area contributed by atoms with E-state index in [0.717, 1.165) is 32.6 Å². The van der Waals surface area contributed by atoms with Crippen molar-refractivity contribution in [3.63, 3.8) is 0 Å². The second-order valence-electron chi connectivity index (χ2n) is 7.00. The molecule has 3 rings (SSSR count). The molecule has 0 saturated heterocycles. The van der Waals surface area contributed by atoms with Gasteiger partial charge in [-0.05, 0) is 33.7 Å². The summed E-state index contributed by atoms with van der Waals surface area (Å²) in [6.45, 7) is 8.82. The van der Waals surface area contributed by atoms with Crippen molar-refractivity contribution in [1.82, 2.24) is 19.8 Å². The van der Waals surface area contributed by atoms with Gasteiger partial charge in [0.15, 0.2) is 0 Å². The van der Waals surface area contributed by atoms with Crippen molar-refractivity contribution in [3.8, 4) is 0 Å². The summed E-state index contributed by atoms with van der Waals surface area (Å²) >= 11 is 0. The van der Waals surface area contributed by atoms with E-state index in [4.69, 9.17) is 4.98 Å². The molecule has 0 aromatic carbocycles. The number of rotatable bonds is 5. The fourth-order valence-corrected chi connectivity index (χ4v) is 3.65. The van der Waals surface area contributed by atoms with E-state index in [0.29, 0.717) is 12.0 Å². The minimum absolute atomic E-state index is 0.612. The first-order chi connectivity index (χ1) is 10.2. The lowest BCUT2D eigenvalue weighted by molar-refractivity contribution is 0.260. The van der Waals surface area contributed by atoms with Gasteiger partial charge in [-0.2, -0.15) is 0 Å². The highest BCUT2D eigenvalue weighted by molar-refractivity contribution is 5.22. The van der Waals surface area contributed by atoms with Crippen molar-refractivity contribution >= 4 is 0 Å². The van der Waals surface area contributed by atoms with Gasteiger partial charge in [0.1, 0.15) is 5.82 Å². The Hall–Kier alpha value is -0.870. The summed E-state index contributed by atoms with van der Waals surface area (Å²) < 4.78 is 2.57. The van der Waals surface area contributed by atoms with Crippen LogP contribution in [0.15, 0.2) is 0 Å². The number of fused-ring (bicyclic) bond motifs is 1. The third kappa shape index (κ3) is 3.16. The van der Waals surface area contributed by atoms with E-state index in [9.17, 15) is 0 Å². The maximum atomic E-state index is 5.04. The smallest absolute Gasteiger partial charge is 0.112 e. The SMILES string of the molecule is CC(C)N(C)CCn1c(C2CCCC2)nc2c1CCNC2. The monoisotopic (exact) mass is 290 g/mol. The van der Waals surface area contributed by atoms with Crippen LogP contribution in [0.4, 0.5) is 0 Å². The molecule has 118 valence electrons. The van der Waals surface area contributed by atoms with Gasteiger partial charge >= 0.3 is 0 Å². The Labute approximate surface area is 128 Å². The molecule has 1 aliphatic carbocycles. The molecule has 4 nitrogen and oxygen atoms in total. The Bertz CT molecular complexity index is 471. The number of hydrogen-bond donors (Lipinski definition) is 1. The van der Waals surface area contributed by atoms with E-state index in [2.05, 4.69) is 35.7 Å². The Kier molecular flexibility index (Phi) is 4.65. The third-order valence-electron chi connectivity index (χ3n) is 5.29. The zero-order chi connectivity index (χ0) is 14.8. The molecule has 0 atom stereocenters. The van der Waals surface area contributed by atoms with Crippen LogP contribution in [0.25, 0.3) is 0 Å². The van der Waals surface area contributed by atoms with Gasteiger partial charge < -0.3 is 14.8 Å². The number of hydrogen-bond acceptors (Lipinski definition) is 3. The molecule has 1 aromatic heterocycles. The summed E-state index contributed by atoms with van der Waals surface area (Å²) in [5, 5.41) is 3.47. The van der Waals surface area contributed by atoms with Crippen LogP contribution in [-0.2, 0) is 19.5 Å². The molecule has 4 heteroatoms. The highest BCUT2D eigenvalue weighted by Crippen LogP contribution is 2.35. The Morgan fingerprint density at radius 3 is 2.81 bits per heavy atom. The molecule has 1 fully saturated rings. The zero-order valence-corrected chi connectivity index (χ0v) is 13.9. The number of likely N-dealkylation sites (N-methyl/N-ethyl adjacent to an activating group) is 1. The van der Waals surface area contributed by atoms with Gasteiger partial charge in [0.25, 0.3) is 0 Å². The van der Waals surface area contributed by atoms with Gasteiger partial charge in [0, 0.05) is 50.3 Å². The first-order valence-corrected chi connectivity index (χ1v) is 8.66. The fraction of sp³-hybridized carbons (Fsp3) is 0.824. The maximum absolute atomic E-state index is 5.04. The lowest BCUT2D eigenvalue weighted by atomic mass is 10.1. The van der Waals surface area contributed by atoms with Crippen molar-refractivity contribution in [2.75, 3.05) is 20.1 Å². The summed E-state index contributed by atoms with van der Waals surface area (Å²) in [5.41, 5.74) is 2.82. The topological polar surface area (TPSA) is 33.1 Å². The summed E-state index contributed by atoms with van der Waals surface area (Å²) in [6.07, 6.45) is 6.58. The van der Waals surface area contributed by atoms with Gasteiger partial charge in [0.05, 0.1) is 5.69 Å². The van der Waals surface area contributed by atoms with Gasteiger partial charge in [-0.25, -0.2) is 4.98 Å². The predicted molar refractivity (Wildman–Crippen MR) is 86.6 cm³/mol. The zero-order valence-electron chi connectivity index (χ0n) is 13.9. The fourth-order valence-electron chi connectivity index (χ4n) is 3.65. The molecule has 0 radical (unpaired) electrons. The normalized spacial score (nSPS) is 19.7. The number of imidazole rings is 1. The number of nitrogens with zero attached hydrogens (tertiary/aromatic N) is 3. The van der Waals surface area contributed by atoms with Gasteiger partial charge in [-0.15, -0.1) is 0 Å². The summed E-state index contributed by atoms with van der Waals surface area (Å²) in [5.74, 6) is 2.10. The van der Waals surface area contributed by atoms with Crippen molar-refractivity contribution < 1.29 is 0 Å². The first kappa shape index (κ1) is 15.0. The summed E-state index contributed by atoms with van der Waals surface area (Å²) in [6, 6.07) is 0.612. The average molecular weight is 290 g/mol. The Morgan fingerprint density at radius 2 is 2.10 bits per heavy atom. The molecule has 0 bridgehead atoms. The second kappa shape index (κ2) is 6.49. The maximum Gasteiger partial charge on any atom is 0.112 e. The molecular weight excluding hydrogens is 260 g/mol. The van der Waals surface area contributed by atoms with Gasteiger partial charge in [0.2, 0.25) is 0 Å². The highest BCUT2D eigenvalue weighted by atomic mass is 15.2. The average Bonchev–Trinajstić information content (AvgIpc) is 3.11. The molecule has 1 aliphatic heterocycles. The standard InChI is InChI=1S/C17H30N4/c1-13(2)20(3)10-11-21-16-8-9-18-12-15(16)19-17(21)14-6-4-5-7-14/h13-14,18H,4-12H2,1-3H3. The van der Waals surface area contributed by atoms with Crippen LogP contribution in [0.5, 0.6) is 0 Å². The molecule has 1 N–H and O–H groups in total. The van der Waals surface area contributed by atoms with E-state index in [1.54, 1.807) is 0 Å². The minimum Gasteiger partial charge on any atom is -0.330 e. The number of nitrogens with one attached hydrogen (secondary N) is 1. The highest BCUT2D eigenvalue weighted by Gasteiger charge is 2.27. The van der Waals surface area contributed by atoms with E-state index in [1.165, 1.54) is 42.9 Å². The van der Waals surface area contributed by atoms with Crippen LogP contribution in [0.3, 0.4) is 0 Å². The molecule has 0 unspecified atom stereocenters. The molecule has 21 heavy (non-hydrogen) atoms. The molecule has 2 aliphatic rings. The largest absolute Gasteiger partial charge is 0.330 e. The van der Waals surface area contributed by atoms with Crippen LogP contribution in [-0.4, -0.2) is 40.6 Å². The summed E-state index contributed by atoms with van der Waals surface area (Å²) in [4.78, 5) is 7.47. The summed E-state index contributed by atoms with van der Waals surface area (Å²) in [7, 11) is 2.23. The van der Waals surface area contributed by atoms with E-state index < -0.39 is 0 Å². The quantitative estimate of drug-likeness (QED) is 0.904. The van der Waals surface area contributed by atoms with Crippen molar-refractivity contribution in [3.05, 3.63) is 17.2 Å². The van der Waals surface area contributed by atoms with Gasteiger partial charge in [-0.3, -0.25) is 0 Å².